The molecule has 2 aliphatic rings. The topological polar surface area (TPSA) is 70.1 Å². The van der Waals surface area contributed by atoms with Crippen molar-refractivity contribution in [2.75, 3.05) is 30.0 Å². The molecule has 0 aliphatic carbocycles. The molecule has 2 aliphatic heterocycles. The fourth-order valence-corrected chi connectivity index (χ4v) is 4.89. The number of nitrogens with zero attached hydrogens (tertiary/aromatic N) is 2. The van der Waals surface area contributed by atoms with Gasteiger partial charge in [-0.2, -0.15) is 0 Å². The lowest BCUT2D eigenvalue weighted by molar-refractivity contribution is -0.132. The standard InChI is InChI=1S/C24H19FN2O4S/c1-26-10-11-31-18-9-4-14(13-17(18)26)22(28)20-21(19-3-2-12-32-19)27(24(30)23(20)29)16-7-5-15(25)6-8-16/h2-9,12-13,21,28H,10-11H2,1H3/b22-20-. The molecule has 32 heavy (non-hydrogen) atoms. The summed E-state index contributed by atoms with van der Waals surface area (Å²) in [7, 11) is 1.92. The summed E-state index contributed by atoms with van der Waals surface area (Å²) < 4.78 is 19.1. The molecule has 6 nitrogen and oxygen atoms in total. The van der Waals surface area contributed by atoms with E-state index >= 15 is 0 Å². The van der Waals surface area contributed by atoms with Crippen LogP contribution in [0.25, 0.3) is 5.76 Å². The van der Waals surface area contributed by atoms with Crippen molar-refractivity contribution < 1.29 is 23.8 Å². The third kappa shape index (κ3) is 3.23. The van der Waals surface area contributed by atoms with Crippen LogP contribution in [0.2, 0.25) is 0 Å². The van der Waals surface area contributed by atoms with Gasteiger partial charge in [-0.3, -0.25) is 14.5 Å². The van der Waals surface area contributed by atoms with E-state index in [9.17, 15) is 19.1 Å². The van der Waals surface area contributed by atoms with Crippen molar-refractivity contribution in [2.24, 2.45) is 0 Å². The van der Waals surface area contributed by atoms with Crippen LogP contribution >= 0.6 is 11.3 Å². The molecule has 1 amide bonds. The quantitative estimate of drug-likeness (QED) is 0.365. The van der Waals surface area contributed by atoms with Crippen LogP contribution in [0.15, 0.2) is 65.6 Å². The third-order valence-corrected chi connectivity index (χ3v) is 6.61. The van der Waals surface area contributed by atoms with Gasteiger partial charge in [0.2, 0.25) is 0 Å². The van der Waals surface area contributed by atoms with Crippen LogP contribution in [0.4, 0.5) is 15.8 Å². The number of amides is 1. The van der Waals surface area contributed by atoms with Crippen LogP contribution in [0.5, 0.6) is 5.75 Å². The van der Waals surface area contributed by atoms with Crippen LogP contribution < -0.4 is 14.5 Å². The number of carbonyl (C=O) groups is 2. The predicted octanol–water partition coefficient (Wildman–Crippen LogP) is 4.34. The maximum atomic E-state index is 13.5. The molecular weight excluding hydrogens is 431 g/mol. The van der Waals surface area contributed by atoms with E-state index in [1.807, 2.05) is 23.4 Å². The van der Waals surface area contributed by atoms with E-state index in [-0.39, 0.29) is 11.3 Å². The van der Waals surface area contributed by atoms with E-state index in [1.54, 1.807) is 24.3 Å². The fourth-order valence-electron chi connectivity index (χ4n) is 4.07. The lowest BCUT2D eigenvalue weighted by Gasteiger charge is -2.28. The number of rotatable bonds is 3. The number of anilines is 2. The average molecular weight is 450 g/mol. The Labute approximate surface area is 187 Å². The average Bonchev–Trinajstić information content (AvgIpc) is 3.41. The van der Waals surface area contributed by atoms with E-state index in [2.05, 4.69) is 0 Å². The number of likely N-dealkylation sites (N-methyl/N-ethyl adjacent to an activating group) is 1. The minimum Gasteiger partial charge on any atom is -0.507 e. The van der Waals surface area contributed by atoms with Gasteiger partial charge in [0.15, 0.2) is 0 Å². The lowest BCUT2D eigenvalue weighted by Crippen LogP contribution is -2.29. The Bertz CT molecular complexity index is 1240. The molecule has 2 aromatic carbocycles. The van der Waals surface area contributed by atoms with Crippen LogP contribution in [-0.4, -0.2) is 37.0 Å². The predicted molar refractivity (Wildman–Crippen MR) is 121 cm³/mol. The minimum absolute atomic E-state index is 0.00102. The maximum absolute atomic E-state index is 13.5. The van der Waals surface area contributed by atoms with Crippen LogP contribution in [-0.2, 0) is 9.59 Å². The number of hydrogen-bond donors (Lipinski definition) is 1. The van der Waals surface area contributed by atoms with Crippen molar-refractivity contribution in [1.29, 1.82) is 0 Å². The first-order chi connectivity index (χ1) is 15.5. The summed E-state index contributed by atoms with van der Waals surface area (Å²) in [4.78, 5) is 30.2. The first-order valence-corrected chi connectivity index (χ1v) is 10.9. The summed E-state index contributed by atoms with van der Waals surface area (Å²) >= 11 is 1.37. The van der Waals surface area contributed by atoms with Crippen molar-refractivity contribution in [3.05, 3.63) is 81.8 Å². The number of ketones is 1. The van der Waals surface area contributed by atoms with Crippen LogP contribution in [0.3, 0.4) is 0 Å². The van der Waals surface area contributed by atoms with E-state index in [4.69, 9.17) is 4.74 Å². The summed E-state index contributed by atoms with van der Waals surface area (Å²) in [6.45, 7) is 1.26. The molecule has 1 atom stereocenters. The zero-order chi connectivity index (χ0) is 22.4. The fraction of sp³-hybridized carbons (Fsp3) is 0.167. The van der Waals surface area contributed by atoms with Gasteiger partial charge in [-0.25, -0.2) is 4.39 Å². The number of carbonyl (C=O) groups excluding carboxylic acids is 2. The first kappa shape index (κ1) is 20.3. The highest BCUT2D eigenvalue weighted by molar-refractivity contribution is 7.10. The Hall–Kier alpha value is -3.65. The molecule has 0 bridgehead atoms. The van der Waals surface area contributed by atoms with Gasteiger partial charge in [-0.1, -0.05) is 6.07 Å². The Kier molecular flexibility index (Phi) is 4.94. The number of fused-ring (bicyclic) bond motifs is 1. The molecule has 0 saturated carbocycles. The van der Waals surface area contributed by atoms with E-state index in [1.165, 1.54) is 40.5 Å². The van der Waals surface area contributed by atoms with E-state index in [0.29, 0.717) is 35.0 Å². The molecule has 3 aromatic rings. The van der Waals surface area contributed by atoms with Gasteiger partial charge >= 0.3 is 0 Å². The molecule has 0 radical (unpaired) electrons. The number of aliphatic hydroxyl groups is 1. The van der Waals surface area contributed by atoms with Gasteiger partial charge in [0.25, 0.3) is 11.7 Å². The van der Waals surface area contributed by atoms with Gasteiger partial charge in [0.1, 0.15) is 30.0 Å². The molecule has 5 rings (SSSR count). The largest absolute Gasteiger partial charge is 0.507 e. The molecule has 0 spiro atoms. The van der Waals surface area contributed by atoms with Crippen molar-refractivity contribution in [2.45, 2.75) is 6.04 Å². The molecular formula is C24H19FN2O4S. The number of aliphatic hydroxyl groups excluding tert-OH is 1. The molecule has 8 heteroatoms. The minimum atomic E-state index is -0.814. The zero-order valence-electron chi connectivity index (χ0n) is 17.1. The third-order valence-electron chi connectivity index (χ3n) is 5.69. The van der Waals surface area contributed by atoms with Crippen LogP contribution in [0, 0.1) is 5.82 Å². The second kappa shape index (κ2) is 7.80. The van der Waals surface area contributed by atoms with Crippen molar-refractivity contribution in [1.82, 2.24) is 0 Å². The first-order valence-electron chi connectivity index (χ1n) is 10.0. The normalized spacial score (nSPS) is 19.8. The lowest BCUT2D eigenvalue weighted by atomic mass is 9.99. The van der Waals surface area contributed by atoms with Gasteiger partial charge in [-0.15, -0.1) is 11.3 Å². The highest BCUT2D eigenvalue weighted by atomic mass is 32.1. The van der Waals surface area contributed by atoms with Crippen LogP contribution in [0.1, 0.15) is 16.5 Å². The summed E-state index contributed by atoms with van der Waals surface area (Å²) in [6.07, 6.45) is 0. The number of benzene rings is 2. The Balaban J connectivity index is 1.67. The summed E-state index contributed by atoms with van der Waals surface area (Å²) in [5.41, 5.74) is 1.59. The summed E-state index contributed by atoms with van der Waals surface area (Å²) in [5.74, 6) is -1.56. The summed E-state index contributed by atoms with van der Waals surface area (Å²) in [5, 5.41) is 13.1. The molecule has 1 fully saturated rings. The summed E-state index contributed by atoms with van der Waals surface area (Å²) in [6, 6.07) is 13.3. The number of hydrogen-bond acceptors (Lipinski definition) is 6. The zero-order valence-corrected chi connectivity index (χ0v) is 17.9. The second-order valence-electron chi connectivity index (χ2n) is 7.61. The smallest absolute Gasteiger partial charge is 0.300 e. The van der Waals surface area contributed by atoms with Gasteiger partial charge in [0, 0.05) is 23.2 Å². The molecule has 1 unspecified atom stereocenters. The van der Waals surface area contributed by atoms with E-state index in [0.717, 1.165) is 5.69 Å². The molecule has 1 saturated heterocycles. The van der Waals surface area contributed by atoms with Gasteiger partial charge < -0.3 is 14.7 Å². The SMILES string of the molecule is CN1CCOc2ccc(/C(O)=C3/C(=O)C(=O)N(c4ccc(F)cc4)C3c3cccs3)cc21. The molecule has 1 aromatic heterocycles. The number of halogens is 1. The highest BCUT2D eigenvalue weighted by Crippen LogP contribution is 2.44. The molecule has 1 N–H and O–H groups in total. The second-order valence-corrected chi connectivity index (χ2v) is 8.59. The maximum Gasteiger partial charge on any atom is 0.300 e. The number of ether oxygens (including phenoxy) is 1. The Morgan fingerprint density at radius 2 is 1.94 bits per heavy atom. The van der Waals surface area contributed by atoms with Crippen molar-refractivity contribution >= 4 is 40.2 Å². The molecule has 3 heterocycles. The van der Waals surface area contributed by atoms with Gasteiger partial charge in [-0.05, 0) is 53.9 Å². The number of Topliss-reactive ketones (excluding diaryl/α,β-unsaturated/α-hetero) is 1. The monoisotopic (exact) mass is 450 g/mol. The van der Waals surface area contributed by atoms with Crippen molar-refractivity contribution in [3.63, 3.8) is 0 Å². The highest BCUT2D eigenvalue weighted by Gasteiger charge is 2.47. The number of thiophene rings is 1. The van der Waals surface area contributed by atoms with Crippen molar-refractivity contribution in [3.8, 4) is 5.75 Å². The van der Waals surface area contributed by atoms with Gasteiger partial charge in [0.05, 0.1) is 17.8 Å². The Morgan fingerprint density at radius 1 is 1.16 bits per heavy atom. The molecule has 162 valence electrons. The Morgan fingerprint density at radius 3 is 2.66 bits per heavy atom. The van der Waals surface area contributed by atoms with E-state index < -0.39 is 23.5 Å².